The first-order valence-corrected chi connectivity index (χ1v) is 6.49. The molecule has 0 aliphatic rings. The van der Waals surface area contributed by atoms with Crippen LogP contribution in [0.15, 0.2) is 39.6 Å². The van der Waals surface area contributed by atoms with Crippen LogP contribution < -0.4 is 0 Å². The summed E-state index contributed by atoms with van der Waals surface area (Å²) in [5, 5.41) is 0. The standard InChI is InChI=1S/C12H10O5S/c1-8-6-10(18(14,15)16)3-4-11(8)12-5-2-9(7-13)17-12/h2-7H,1H3,(H,14,15,16). The first-order valence-electron chi connectivity index (χ1n) is 5.05. The fraction of sp³-hybridized carbons (Fsp3) is 0.0833. The SMILES string of the molecule is Cc1cc(S(=O)(=O)O)ccc1-c1ccc(C=O)o1. The normalized spacial score (nSPS) is 11.4. The average Bonchev–Trinajstić information content (AvgIpc) is 2.76. The van der Waals surface area contributed by atoms with Crippen molar-refractivity contribution in [3.8, 4) is 11.3 Å². The van der Waals surface area contributed by atoms with Crippen molar-refractivity contribution in [1.82, 2.24) is 0 Å². The predicted octanol–water partition coefficient (Wildman–Crippen LogP) is 2.31. The Bertz CT molecular complexity index is 697. The van der Waals surface area contributed by atoms with E-state index in [1.807, 2.05) is 0 Å². The highest BCUT2D eigenvalue weighted by Crippen LogP contribution is 2.27. The van der Waals surface area contributed by atoms with Gasteiger partial charge in [-0.2, -0.15) is 8.42 Å². The Morgan fingerprint density at radius 1 is 1.22 bits per heavy atom. The van der Waals surface area contributed by atoms with Gasteiger partial charge in [-0.1, -0.05) is 0 Å². The van der Waals surface area contributed by atoms with Gasteiger partial charge in [-0.3, -0.25) is 9.35 Å². The Kier molecular flexibility index (Phi) is 3.06. The quantitative estimate of drug-likeness (QED) is 0.680. The van der Waals surface area contributed by atoms with E-state index in [-0.39, 0.29) is 10.7 Å². The van der Waals surface area contributed by atoms with Crippen LogP contribution in [0.4, 0.5) is 0 Å². The molecule has 1 aromatic carbocycles. The number of hydrogen-bond acceptors (Lipinski definition) is 4. The molecule has 5 nitrogen and oxygen atoms in total. The van der Waals surface area contributed by atoms with Crippen molar-refractivity contribution < 1.29 is 22.2 Å². The van der Waals surface area contributed by atoms with Gasteiger partial charge in [0.2, 0.25) is 0 Å². The summed E-state index contributed by atoms with van der Waals surface area (Å²) in [5.74, 6) is 0.666. The van der Waals surface area contributed by atoms with E-state index in [4.69, 9.17) is 8.97 Å². The highest BCUT2D eigenvalue weighted by molar-refractivity contribution is 7.85. The highest BCUT2D eigenvalue weighted by Gasteiger charge is 2.13. The lowest BCUT2D eigenvalue weighted by molar-refractivity contribution is 0.110. The summed E-state index contributed by atoms with van der Waals surface area (Å²) in [6.45, 7) is 1.69. The van der Waals surface area contributed by atoms with E-state index in [0.717, 1.165) is 0 Å². The summed E-state index contributed by atoms with van der Waals surface area (Å²) >= 11 is 0. The number of benzene rings is 1. The minimum atomic E-state index is -4.21. The monoisotopic (exact) mass is 266 g/mol. The molecule has 1 heterocycles. The molecule has 0 radical (unpaired) electrons. The van der Waals surface area contributed by atoms with E-state index in [2.05, 4.69) is 0 Å². The van der Waals surface area contributed by atoms with Crippen LogP contribution in [-0.4, -0.2) is 19.3 Å². The van der Waals surface area contributed by atoms with Crippen LogP contribution in [0.2, 0.25) is 0 Å². The van der Waals surface area contributed by atoms with E-state index in [1.165, 1.54) is 24.3 Å². The molecule has 0 atom stereocenters. The predicted molar refractivity (Wildman–Crippen MR) is 64.1 cm³/mol. The molecule has 2 rings (SSSR count). The van der Waals surface area contributed by atoms with Crippen molar-refractivity contribution in [2.75, 3.05) is 0 Å². The summed E-state index contributed by atoms with van der Waals surface area (Å²) in [6, 6.07) is 7.29. The van der Waals surface area contributed by atoms with Crippen LogP contribution in [0.5, 0.6) is 0 Å². The third-order valence-electron chi connectivity index (χ3n) is 2.50. The van der Waals surface area contributed by atoms with Crippen LogP contribution in [0.25, 0.3) is 11.3 Å². The number of aryl methyl sites for hydroxylation is 1. The highest BCUT2D eigenvalue weighted by atomic mass is 32.2. The van der Waals surface area contributed by atoms with E-state index in [1.54, 1.807) is 13.0 Å². The molecule has 94 valence electrons. The topological polar surface area (TPSA) is 84.6 Å². The van der Waals surface area contributed by atoms with Crippen LogP contribution in [0.3, 0.4) is 0 Å². The summed E-state index contributed by atoms with van der Waals surface area (Å²) < 4.78 is 36.1. The Morgan fingerprint density at radius 3 is 2.44 bits per heavy atom. The van der Waals surface area contributed by atoms with E-state index in [0.29, 0.717) is 23.2 Å². The zero-order valence-corrected chi connectivity index (χ0v) is 10.3. The van der Waals surface area contributed by atoms with Crippen LogP contribution >= 0.6 is 0 Å². The maximum absolute atomic E-state index is 11.0. The number of rotatable bonds is 3. The Hall–Kier alpha value is -1.92. The number of aldehydes is 1. The van der Waals surface area contributed by atoms with Crippen molar-refractivity contribution in [3.05, 3.63) is 41.7 Å². The van der Waals surface area contributed by atoms with Crippen molar-refractivity contribution in [2.24, 2.45) is 0 Å². The van der Waals surface area contributed by atoms with Gasteiger partial charge in [0, 0.05) is 5.56 Å². The minimum Gasteiger partial charge on any atom is -0.453 e. The molecule has 2 aromatic rings. The molecular weight excluding hydrogens is 256 g/mol. The van der Waals surface area contributed by atoms with Crippen molar-refractivity contribution in [2.45, 2.75) is 11.8 Å². The second-order valence-electron chi connectivity index (χ2n) is 3.77. The van der Waals surface area contributed by atoms with E-state index < -0.39 is 10.1 Å². The van der Waals surface area contributed by atoms with Gasteiger partial charge < -0.3 is 4.42 Å². The molecule has 0 fully saturated rings. The molecule has 0 saturated heterocycles. The summed E-state index contributed by atoms with van der Waals surface area (Å²) in [4.78, 5) is 10.3. The lowest BCUT2D eigenvalue weighted by atomic mass is 10.1. The van der Waals surface area contributed by atoms with Gasteiger partial charge in [0.1, 0.15) is 5.76 Å². The molecule has 0 spiro atoms. The molecule has 0 amide bonds. The Balaban J connectivity index is 2.51. The Morgan fingerprint density at radius 2 is 1.94 bits per heavy atom. The number of carbonyl (C=O) groups is 1. The van der Waals surface area contributed by atoms with Crippen molar-refractivity contribution >= 4 is 16.4 Å². The lowest BCUT2D eigenvalue weighted by Gasteiger charge is -2.04. The first kappa shape index (κ1) is 12.5. The van der Waals surface area contributed by atoms with E-state index >= 15 is 0 Å². The largest absolute Gasteiger partial charge is 0.453 e. The molecule has 0 bridgehead atoms. The molecule has 0 aliphatic heterocycles. The number of hydrogen-bond donors (Lipinski definition) is 1. The Labute approximate surface area is 104 Å². The summed E-state index contributed by atoms with van der Waals surface area (Å²) in [7, 11) is -4.21. The molecule has 0 saturated carbocycles. The zero-order chi connectivity index (χ0) is 13.3. The van der Waals surface area contributed by atoms with Crippen LogP contribution in [-0.2, 0) is 10.1 Å². The average molecular weight is 266 g/mol. The van der Waals surface area contributed by atoms with Gasteiger partial charge >= 0.3 is 0 Å². The maximum Gasteiger partial charge on any atom is 0.294 e. The van der Waals surface area contributed by atoms with Gasteiger partial charge in [0.15, 0.2) is 12.0 Å². The maximum atomic E-state index is 11.0. The molecule has 18 heavy (non-hydrogen) atoms. The van der Waals surface area contributed by atoms with Crippen LogP contribution in [0.1, 0.15) is 16.1 Å². The van der Waals surface area contributed by atoms with Crippen molar-refractivity contribution in [3.63, 3.8) is 0 Å². The molecule has 1 aromatic heterocycles. The fourth-order valence-corrected chi connectivity index (χ4v) is 2.20. The lowest BCUT2D eigenvalue weighted by Crippen LogP contribution is -1.98. The van der Waals surface area contributed by atoms with E-state index in [9.17, 15) is 13.2 Å². The van der Waals surface area contributed by atoms with Gasteiger partial charge in [-0.15, -0.1) is 0 Å². The summed E-state index contributed by atoms with van der Waals surface area (Å²) in [6.07, 6.45) is 0.589. The van der Waals surface area contributed by atoms with Gasteiger partial charge in [0.05, 0.1) is 4.90 Å². The molecule has 0 unspecified atom stereocenters. The molecule has 6 heteroatoms. The van der Waals surface area contributed by atoms with Gasteiger partial charge in [0.25, 0.3) is 10.1 Å². The van der Waals surface area contributed by atoms with Crippen molar-refractivity contribution in [1.29, 1.82) is 0 Å². The van der Waals surface area contributed by atoms with Gasteiger partial charge in [-0.25, -0.2) is 0 Å². The minimum absolute atomic E-state index is 0.175. The smallest absolute Gasteiger partial charge is 0.294 e. The van der Waals surface area contributed by atoms with Crippen LogP contribution in [0, 0.1) is 6.92 Å². The molecule has 0 aliphatic carbocycles. The number of carbonyl (C=O) groups excluding carboxylic acids is 1. The number of furan rings is 1. The first-order chi connectivity index (χ1) is 8.41. The third-order valence-corrected chi connectivity index (χ3v) is 3.35. The van der Waals surface area contributed by atoms with Gasteiger partial charge in [-0.05, 0) is 42.8 Å². The second-order valence-corrected chi connectivity index (χ2v) is 5.19. The third kappa shape index (κ3) is 2.34. The molecule has 1 N–H and O–H groups in total. The zero-order valence-electron chi connectivity index (χ0n) is 9.45. The molecular formula is C12H10O5S. The second kappa shape index (κ2) is 4.40. The fourth-order valence-electron chi connectivity index (χ4n) is 1.63. The summed E-state index contributed by atoms with van der Waals surface area (Å²) in [5.41, 5.74) is 1.28.